The van der Waals surface area contributed by atoms with Crippen LogP contribution in [0.4, 0.5) is 4.79 Å². The molecule has 3 rings (SSSR count). The van der Waals surface area contributed by atoms with Gasteiger partial charge in [-0.25, -0.2) is 4.79 Å². The van der Waals surface area contributed by atoms with Crippen LogP contribution in [0.5, 0.6) is 5.75 Å². The van der Waals surface area contributed by atoms with E-state index >= 15 is 0 Å². The molecule has 1 atom stereocenters. The standard InChI is InChI=1S/C23H22ClNO4/c24-20-8-4-7-19(13-20)22(27)15-25(23(28)29)12-11-17-9-10-18(14-21(17)26)16-5-2-1-3-6-16/h1-10,13-14,22,26-27H,11-12,15H2,(H,28,29)/t22-/m0/s1. The third-order valence-electron chi connectivity index (χ3n) is 4.74. The summed E-state index contributed by atoms with van der Waals surface area (Å²) in [6.07, 6.45) is -1.79. The fourth-order valence-electron chi connectivity index (χ4n) is 3.13. The summed E-state index contributed by atoms with van der Waals surface area (Å²) in [6.45, 7) is 0.0593. The Balaban J connectivity index is 1.67. The van der Waals surface area contributed by atoms with Crippen molar-refractivity contribution in [2.75, 3.05) is 13.1 Å². The Morgan fingerprint density at radius 3 is 2.38 bits per heavy atom. The van der Waals surface area contributed by atoms with Crippen molar-refractivity contribution in [2.24, 2.45) is 0 Å². The van der Waals surface area contributed by atoms with E-state index in [1.807, 2.05) is 36.4 Å². The van der Waals surface area contributed by atoms with Gasteiger partial charge in [-0.05, 0) is 46.9 Å². The molecule has 0 heterocycles. The molecule has 29 heavy (non-hydrogen) atoms. The van der Waals surface area contributed by atoms with Crippen LogP contribution in [0.15, 0.2) is 72.8 Å². The first kappa shape index (κ1) is 20.7. The summed E-state index contributed by atoms with van der Waals surface area (Å²) in [5.74, 6) is 0.118. The highest BCUT2D eigenvalue weighted by Gasteiger charge is 2.19. The van der Waals surface area contributed by atoms with E-state index in [0.29, 0.717) is 22.6 Å². The highest BCUT2D eigenvalue weighted by Crippen LogP contribution is 2.27. The van der Waals surface area contributed by atoms with Crippen LogP contribution >= 0.6 is 11.6 Å². The van der Waals surface area contributed by atoms with E-state index in [2.05, 4.69) is 0 Å². The van der Waals surface area contributed by atoms with Crippen molar-refractivity contribution in [2.45, 2.75) is 12.5 Å². The fourth-order valence-corrected chi connectivity index (χ4v) is 3.33. The highest BCUT2D eigenvalue weighted by atomic mass is 35.5. The van der Waals surface area contributed by atoms with Crippen LogP contribution in [0.1, 0.15) is 17.2 Å². The number of hydrogen-bond acceptors (Lipinski definition) is 3. The van der Waals surface area contributed by atoms with Gasteiger partial charge in [-0.2, -0.15) is 0 Å². The van der Waals surface area contributed by atoms with Gasteiger partial charge in [0.05, 0.1) is 12.6 Å². The predicted molar refractivity (Wildman–Crippen MR) is 113 cm³/mol. The number of halogens is 1. The maximum atomic E-state index is 11.6. The number of nitrogens with zero attached hydrogens (tertiary/aromatic N) is 1. The minimum atomic E-state index is -1.13. The molecule has 6 heteroatoms. The number of aliphatic hydroxyl groups excluding tert-OH is 1. The molecule has 150 valence electrons. The second kappa shape index (κ2) is 9.45. The van der Waals surface area contributed by atoms with Crippen LogP contribution in [-0.4, -0.2) is 39.4 Å². The van der Waals surface area contributed by atoms with Gasteiger partial charge >= 0.3 is 6.09 Å². The molecule has 0 aromatic heterocycles. The van der Waals surface area contributed by atoms with Gasteiger partial charge in [0.15, 0.2) is 0 Å². The van der Waals surface area contributed by atoms with Gasteiger partial charge < -0.3 is 20.2 Å². The zero-order valence-electron chi connectivity index (χ0n) is 15.7. The average molecular weight is 412 g/mol. The molecule has 0 radical (unpaired) electrons. The Hall–Kier alpha value is -3.02. The summed E-state index contributed by atoms with van der Waals surface area (Å²) in [6, 6.07) is 21.8. The number of aliphatic hydroxyl groups is 1. The number of hydrogen-bond donors (Lipinski definition) is 3. The fraction of sp³-hybridized carbons (Fsp3) is 0.174. The van der Waals surface area contributed by atoms with Crippen molar-refractivity contribution in [1.29, 1.82) is 0 Å². The molecule has 0 aliphatic heterocycles. The van der Waals surface area contributed by atoms with Crippen molar-refractivity contribution in [3.05, 3.63) is 88.9 Å². The lowest BCUT2D eigenvalue weighted by Crippen LogP contribution is -2.35. The van der Waals surface area contributed by atoms with E-state index in [0.717, 1.165) is 16.0 Å². The van der Waals surface area contributed by atoms with E-state index < -0.39 is 12.2 Å². The number of rotatable bonds is 7. The number of phenols is 1. The Morgan fingerprint density at radius 1 is 0.966 bits per heavy atom. The molecule has 0 aliphatic carbocycles. The molecule has 0 fully saturated rings. The first-order valence-corrected chi connectivity index (χ1v) is 9.60. The third-order valence-corrected chi connectivity index (χ3v) is 4.98. The van der Waals surface area contributed by atoms with Crippen LogP contribution in [0.3, 0.4) is 0 Å². The van der Waals surface area contributed by atoms with E-state index in [1.165, 1.54) is 0 Å². The van der Waals surface area contributed by atoms with Gasteiger partial charge in [-0.1, -0.05) is 66.2 Å². The largest absolute Gasteiger partial charge is 0.508 e. The van der Waals surface area contributed by atoms with E-state index in [-0.39, 0.29) is 18.8 Å². The highest BCUT2D eigenvalue weighted by molar-refractivity contribution is 6.30. The predicted octanol–water partition coefficient (Wildman–Crippen LogP) is 4.97. The molecule has 3 aromatic rings. The van der Waals surface area contributed by atoms with Crippen molar-refractivity contribution in [3.8, 4) is 16.9 Å². The topological polar surface area (TPSA) is 81.0 Å². The molecule has 5 nitrogen and oxygen atoms in total. The van der Waals surface area contributed by atoms with Gasteiger partial charge in [0.1, 0.15) is 5.75 Å². The lowest BCUT2D eigenvalue weighted by atomic mass is 10.0. The monoisotopic (exact) mass is 411 g/mol. The Bertz CT molecular complexity index is 978. The minimum Gasteiger partial charge on any atom is -0.508 e. The summed E-state index contributed by atoms with van der Waals surface area (Å²) in [4.78, 5) is 12.7. The number of amides is 1. The average Bonchev–Trinajstić information content (AvgIpc) is 2.72. The van der Waals surface area contributed by atoms with Gasteiger partial charge in [0.25, 0.3) is 0 Å². The summed E-state index contributed by atoms with van der Waals surface area (Å²) in [5, 5.41) is 30.7. The number of benzene rings is 3. The molecular weight excluding hydrogens is 390 g/mol. The quantitative estimate of drug-likeness (QED) is 0.512. The van der Waals surface area contributed by atoms with Crippen molar-refractivity contribution in [3.63, 3.8) is 0 Å². The molecule has 0 saturated carbocycles. The maximum absolute atomic E-state index is 11.6. The molecular formula is C23H22ClNO4. The molecule has 3 N–H and O–H groups in total. The van der Waals surface area contributed by atoms with Crippen molar-refractivity contribution < 1.29 is 20.1 Å². The summed E-state index contributed by atoms with van der Waals surface area (Å²) in [5.41, 5.74) is 3.08. The molecule has 0 saturated heterocycles. The summed E-state index contributed by atoms with van der Waals surface area (Å²) >= 11 is 5.93. The number of aromatic hydroxyl groups is 1. The van der Waals surface area contributed by atoms with Crippen LogP contribution in [0.25, 0.3) is 11.1 Å². The Kier molecular flexibility index (Phi) is 6.75. The number of carboxylic acid groups (broad SMARTS) is 1. The van der Waals surface area contributed by atoms with Crippen LogP contribution in [0.2, 0.25) is 5.02 Å². The lowest BCUT2D eigenvalue weighted by molar-refractivity contribution is 0.0972. The lowest BCUT2D eigenvalue weighted by Gasteiger charge is -2.23. The third kappa shape index (κ3) is 5.50. The van der Waals surface area contributed by atoms with Crippen LogP contribution < -0.4 is 0 Å². The summed E-state index contributed by atoms with van der Waals surface area (Å²) in [7, 11) is 0. The molecule has 0 spiro atoms. The van der Waals surface area contributed by atoms with E-state index in [4.69, 9.17) is 11.6 Å². The van der Waals surface area contributed by atoms with Gasteiger partial charge in [-0.15, -0.1) is 0 Å². The molecule has 0 unspecified atom stereocenters. The first-order valence-electron chi connectivity index (χ1n) is 9.23. The first-order chi connectivity index (χ1) is 13.9. The number of phenolic OH excluding ortho intramolecular Hbond substituents is 1. The normalized spacial score (nSPS) is 11.8. The zero-order valence-corrected chi connectivity index (χ0v) is 16.5. The molecule has 0 aliphatic rings. The number of carbonyl (C=O) groups is 1. The zero-order chi connectivity index (χ0) is 20.8. The second-order valence-corrected chi connectivity index (χ2v) is 7.20. The minimum absolute atomic E-state index is 0.0848. The SMILES string of the molecule is O=C(O)N(CCc1ccc(-c2ccccc2)cc1O)C[C@H](O)c1cccc(Cl)c1. The smallest absolute Gasteiger partial charge is 0.407 e. The van der Waals surface area contributed by atoms with Gasteiger partial charge in [-0.3, -0.25) is 0 Å². The second-order valence-electron chi connectivity index (χ2n) is 6.76. The molecule has 3 aromatic carbocycles. The van der Waals surface area contributed by atoms with Crippen molar-refractivity contribution >= 4 is 17.7 Å². The van der Waals surface area contributed by atoms with Crippen molar-refractivity contribution in [1.82, 2.24) is 4.90 Å². The Morgan fingerprint density at radius 2 is 1.72 bits per heavy atom. The molecule has 0 bridgehead atoms. The maximum Gasteiger partial charge on any atom is 0.407 e. The van der Waals surface area contributed by atoms with Gasteiger partial charge in [0.2, 0.25) is 0 Å². The van der Waals surface area contributed by atoms with Crippen LogP contribution in [0, 0.1) is 0 Å². The van der Waals surface area contributed by atoms with E-state index in [9.17, 15) is 20.1 Å². The molecule has 1 amide bonds. The summed E-state index contributed by atoms with van der Waals surface area (Å²) < 4.78 is 0. The van der Waals surface area contributed by atoms with E-state index in [1.54, 1.807) is 36.4 Å². The van der Waals surface area contributed by atoms with Gasteiger partial charge in [0, 0.05) is 11.6 Å². The Labute approximate surface area is 174 Å². The van der Waals surface area contributed by atoms with Crippen LogP contribution in [-0.2, 0) is 6.42 Å².